The molecule has 0 aliphatic carbocycles. The van der Waals surface area contributed by atoms with Gasteiger partial charge in [0.25, 0.3) is 0 Å². The molecule has 0 bridgehead atoms. The molecular weight excluding hydrogens is 115 g/mol. The molecule has 1 saturated heterocycles. The second-order valence-electron chi connectivity index (χ2n) is 2.46. The maximum absolute atomic E-state index is 9.03. The number of rotatable bonds is 0. The Morgan fingerprint density at radius 3 is 3.00 bits per heavy atom. The van der Waals surface area contributed by atoms with E-state index in [1.165, 1.54) is 0 Å². The van der Waals surface area contributed by atoms with E-state index >= 15 is 0 Å². The SMILES string of the molecule is [B]C1CCCC(O)CO1. The molecule has 1 rings (SSSR count). The van der Waals surface area contributed by atoms with E-state index in [0.717, 1.165) is 19.3 Å². The van der Waals surface area contributed by atoms with Crippen molar-refractivity contribution in [3.05, 3.63) is 0 Å². The van der Waals surface area contributed by atoms with E-state index in [1.54, 1.807) is 0 Å². The van der Waals surface area contributed by atoms with Crippen LogP contribution in [0.3, 0.4) is 0 Å². The van der Waals surface area contributed by atoms with Gasteiger partial charge in [-0.1, -0.05) is 0 Å². The zero-order valence-corrected chi connectivity index (χ0v) is 5.42. The van der Waals surface area contributed by atoms with Crippen molar-refractivity contribution in [2.24, 2.45) is 0 Å². The number of aliphatic hydroxyl groups is 1. The first-order valence-electron chi connectivity index (χ1n) is 3.34. The van der Waals surface area contributed by atoms with Gasteiger partial charge in [0.05, 0.1) is 12.7 Å². The molecule has 1 aliphatic rings. The van der Waals surface area contributed by atoms with Crippen LogP contribution in [0.2, 0.25) is 0 Å². The highest BCUT2D eigenvalue weighted by atomic mass is 16.5. The van der Waals surface area contributed by atoms with Crippen molar-refractivity contribution in [1.29, 1.82) is 0 Å². The lowest BCUT2D eigenvalue weighted by atomic mass is 9.95. The summed E-state index contributed by atoms with van der Waals surface area (Å²) in [5.74, 6) is 0. The summed E-state index contributed by atoms with van der Waals surface area (Å²) >= 11 is 0. The highest BCUT2D eigenvalue weighted by Crippen LogP contribution is 2.10. The third kappa shape index (κ3) is 2.37. The Morgan fingerprint density at radius 2 is 2.22 bits per heavy atom. The third-order valence-corrected chi connectivity index (χ3v) is 1.53. The topological polar surface area (TPSA) is 29.5 Å². The van der Waals surface area contributed by atoms with Crippen molar-refractivity contribution in [3.63, 3.8) is 0 Å². The molecule has 2 nitrogen and oxygen atoms in total. The maximum Gasteiger partial charge on any atom is 0.108 e. The summed E-state index contributed by atoms with van der Waals surface area (Å²) in [5, 5.41) is 9.03. The predicted molar refractivity (Wildman–Crippen MR) is 35.4 cm³/mol. The lowest BCUT2D eigenvalue weighted by molar-refractivity contribution is 0.0364. The standard InChI is InChI=1S/C6H11BO2/c7-6-3-1-2-5(8)4-9-6/h5-6,8H,1-4H2. The minimum absolute atomic E-state index is 0.151. The molecule has 1 N–H and O–H groups in total. The summed E-state index contributed by atoms with van der Waals surface area (Å²) in [5.41, 5.74) is 0. The Balaban J connectivity index is 2.25. The van der Waals surface area contributed by atoms with Crippen LogP contribution in [-0.2, 0) is 4.74 Å². The van der Waals surface area contributed by atoms with Gasteiger partial charge in [-0.25, -0.2) is 0 Å². The number of ether oxygens (including phenoxy) is 1. The minimum Gasteiger partial charge on any atom is -0.391 e. The van der Waals surface area contributed by atoms with Crippen LogP contribution in [0.4, 0.5) is 0 Å². The fourth-order valence-corrected chi connectivity index (χ4v) is 0.956. The number of hydrogen-bond acceptors (Lipinski definition) is 2. The van der Waals surface area contributed by atoms with Crippen LogP contribution in [-0.4, -0.2) is 31.7 Å². The quantitative estimate of drug-likeness (QED) is 0.464. The van der Waals surface area contributed by atoms with E-state index in [-0.39, 0.29) is 12.1 Å². The molecule has 0 amide bonds. The summed E-state index contributed by atoms with van der Waals surface area (Å²) in [7, 11) is 5.46. The molecule has 2 atom stereocenters. The average Bonchev–Trinajstić information content (AvgIpc) is 1.97. The Hall–Kier alpha value is -0.0151. The van der Waals surface area contributed by atoms with Crippen molar-refractivity contribution in [1.82, 2.24) is 0 Å². The van der Waals surface area contributed by atoms with Crippen LogP contribution < -0.4 is 0 Å². The van der Waals surface area contributed by atoms with Gasteiger partial charge in [0, 0.05) is 6.00 Å². The Kier molecular flexibility index (Phi) is 2.55. The molecule has 1 aliphatic heterocycles. The van der Waals surface area contributed by atoms with Crippen molar-refractivity contribution >= 4 is 7.85 Å². The van der Waals surface area contributed by atoms with Gasteiger partial charge in [0.15, 0.2) is 0 Å². The number of aliphatic hydroxyl groups excluding tert-OH is 1. The lowest BCUT2D eigenvalue weighted by Crippen LogP contribution is -2.16. The molecule has 0 aromatic carbocycles. The summed E-state index contributed by atoms with van der Waals surface area (Å²) < 4.78 is 5.04. The molecule has 1 heterocycles. The van der Waals surface area contributed by atoms with Crippen LogP contribution in [0.15, 0.2) is 0 Å². The fraction of sp³-hybridized carbons (Fsp3) is 1.00. The van der Waals surface area contributed by atoms with E-state index < -0.39 is 0 Å². The van der Waals surface area contributed by atoms with Crippen LogP contribution >= 0.6 is 0 Å². The van der Waals surface area contributed by atoms with E-state index in [0.29, 0.717) is 6.61 Å². The summed E-state index contributed by atoms with van der Waals surface area (Å²) in [6.45, 7) is 0.404. The molecule has 50 valence electrons. The molecule has 2 radical (unpaired) electrons. The maximum atomic E-state index is 9.03. The van der Waals surface area contributed by atoms with Crippen molar-refractivity contribution in [3.8, 4) is 0 Å². The molecule has 0 saturated carbocycles. The van der Waals surface area contributed by atoms with Gasteiger partial charge >= 0.3 is 0 Å². The van der Waals surface area contributed by atoms with Crippen molar-refractivity contribution < 1.29 is 9.84 Å². The lowest BCUT2D eigenvalue weighted by Gasteiger charge is -2.08. The monoisotopic (exact) mass is 126 g/mol. The van der Waals surface area contributed by atoms with Gasteiger partial charge in [0.2, 0.25) is 0 Å². The molecule has 3 heteroatoms. The summed E-state index contributed by atoms with van der Waals surface area (Å²) in [6.07, 6.45) is 2.38. The van der Waals surface area contributed by atoms with E-state index in [9.17, 15) is 0 Å². The molecule has 1 fully saturated rings. The van der Waals surface area contributed by atoms with Crippen molar-refractivity contribution in [2.45, 2.75) is 31.4 Å². The molecule has 0 aromatic heterocycles. The van der Waals surface area contributed by atoms with Gasteiger partial charge in [-0.15, -0.1) is 0 Å². The molecule has 0 aromatic rings. The summed E-state index contributed by atoms with van der Waals surface area (Å²) in [6, 6.07) is -0.151. The zero-order valence-electron chi connectivity index (χ0n) is 5.42. The molecular formula is C6H11BO2. The predicted octanol–water partition coefficient (Wildman–Crippen LogP) is 0.0424. The Morgan fingerprint density at radius 1 is 1.44 bits per heavy atom. The Bertz CT molecular complexity index is 77.1. The van der Waals surface area contributed by atoms with Gasteiger partial charge in [0.1, 0.15) is 7.85 Å². The largest absolute Gasteiger partial charge is 0.391 e. The minimum atomic E-state index is -0.293. The van der Waals surface area contributed by atoms with E-state index in [1.807, 2.05) is 0 Å². The first-order valence-corrected chi connectivity index (χ1v) is 3.34. The molecule has 2 unspecified atom stereocenters. The third-order valence-electron chi connectivity index (χ3n) is 1.53. The Labute approximate surface area is 56.6 Å². The normalized spacial score (nSPS) is 37.9. The average molecular weight is 126 g/mol. The van der Waals surface area contributed by atoms with Gasteiger partial charge in [-0.2, -0.15) is 0 Å². The molecule has 0 spiro atoms. The summed E-state index contributed by atoms with van der Waals surface area (Å²) in [4.78, 5) is 0. The van der Waals surface area contributed by atoms with Crippen LogP contribution in [0.25, 0.3) is 0 Å². The molecule has 9 heavy (non-hydrogen) atoms. The first-order chi connectivity index (χ1) is 4.29. The second kappa shape index (κ2) is 3.23. The van der Waals surface area contributed by atoms with Crippen LogP contribution in [0.5, 0.6) is 0 Å². The number of hydrogen-bond donors (Lipinski definition) is 1. The smallest absolute Gasteiger partial charge is 0.108 e. The first kappa shape index (κ1) is 7.10. The van der Waals surface area contributed by atoms with E-state index in [4.69, 9.17) is 17.7 Å². The van der Waals surface area contributed by atoms with Crippen LogP contribution in [0.1, 0.15) is 19.3 Å². The second-order valence-corrected chi connectivity index (χ2v) is 2.46. The highest BCUT2D eigenvalue weighted by Gasteiger charge is 2.12. The van der Waals surface area contributed by atoms with Gasteiger partial charge in [-0.3, -0.25) is 0 Å². The highest BCUT2D eigenvalue weighted by molar-refractivity contribution is 6.10. The van der Waals surface area contributed by atoms with Crippen LogP contribution in [0, 0.1) is 0 Å². The zero-order chi connectivity index (χ0) is 6.69. The van der Waals surface area contributed by atoms with Crippen molar-refractivity contribution in [2.75, 3.05) is 6.61 Å². The fourth-order valence-electron chi connectivity index (χ4n) is 0.956. The van der Waals surface area contributed by atoms with Gasteiger partial charge in [-0.05, 0) is 19.3 Å². The van der Waals surface area contributed by atoms with Gasteiger partial charge < -0.3 is 9.84 Å². The van der Waals surface area contributed by atoms with E-state index in [2.05, 4.69) is 0 Å².